The van der Waals surface area contributed by atoms with Crippen LogP contribution in [-0.2, 0) is 0 Å². The Kier molecular flexibility index (Phi) is 19.5. The van der Waals surface area contributed by atoms with Crippen molar-refractivity contribution in [3.63, 3.8) is 0 Å². The molecule has 0 aromatic carbocycles. The van der Waals surface area contributed by atoms with Crippen LogP contribution in [0.2, 0.25) is 0 Å². The minimum atomic E-state index is 0.436. The van der Waals surface area contributed by atoms with Gasteiger partial charge in [0.05, 0.1) is 17.6 Å². The van der Waals surface area contributed by atoms with Crippen LogP contribution in [0, 0.1) is 0 Å². The Morgan fingerprint density at radius 1 is 0.422 bits per heavy atom. The molecule has 0 N–H and O–H groups in total. The summed E-state index contributed by atoms with van der Waals surface area (Å²) in [6.45, 7) is 21.1. The van der Waals surface area contributed by atoms with Crippen LogP contribution < -0.4 is 0 Å². The largest absolute Gasteiger partial charge is 0.261 e. The molecule has 5 rings (SSSR count). The third-order valence-corrected chi connectivity index (χ3v) is 5.98. The molecule has 5 aromatic rings. The lowest BCUT2D eigenvalue weighted by Crippen LogP contribution is -1.93. The second kappa shape index (κ2) is 22.9. The monoisotopic (exact) mass is 610 g/mol. The average molecular weight is 611 g/mol. The summed E-state index contributed by atoms with van der Waals surface area (Å²) in [4.78, 5) is 24.0. The van der Waals surface area contributed by atoms with E-state index in [9.17, 15) is 0 Å². The minimum Gasteiger partial charge on any atom is -0.261 e. The molecule has 5 heterocycles. The molecule has 5 aromatic heterocycles. The lowest BCUT2D eigenvalue weighted by Gasteiger charge is -2.00. The Hall–Kier alpha value is -4.60. The maximum Gasteiger partial charge on any atom is 0.130 e. The van der Waals surface area contributed by atoms with Gasteiger partial charge in [0.15, 0.2) is 0 Å². The van der Waals surface area contributed by atoms with E-state index in [-0.39, 0.29) is 0 Å². The molecule has 240 valence electrons. The molecule has 10 heteroatoms. The zero-order chi connectivity index (χ0) is 33.5. The van der Waals surface area contributed by atoms with Crippen molar-refractivity contribution in [3.05, 3.63) is 121 Å². The van der Waals surface area contributed by atoms with E-state index >= 15 is 0 Å². The second-order valence-corrected chi connectivity index (χ2v) is 11.5. The summed E-state index contributed by atoms with van der Waals surface area (Å²) in [5.74, 6) is 3.41. The molecule has 0 radical (unpaired) electrons. The van der Waals surface area contributed by atoms with Crippen LogP contribution in [0.3, 0.4) is 0 Å². The van der Waals surface area contributed by atoms with Gasteiger partial charge in [-0.15, -0.1) is 0 Å². The molecule has 0 aliphatic carbocycles. The SMILES string of the molecule is CC(C)c1cccnn1.CC(C)c1ccnnc1.CC(C)c1cnccn1.CC(C)c1cncnc1.CC(C)c1ncccn1. The lowest BCUT2D eigenvalue weighted by atomic mass is 10.1. The highest BCUT2D eigenvalue weighted by atomic mass is 15.1. The molecule has 0 bridgehead atoms. The first-order chi connectivity index (χ1) is 21.5. The van der Waals surface area contributed by atoms with E-state index in [0.717, 1.165) is 17.2 Å². The minimum absolute atomic E-state index is 0.436. The fourth-order valence-corrected chi connectivity index (χ4v) is 3.09. The molecule has 0 aliphatic rings. The van der Waals surface area contributed by atoms with Crippen molar-refractivity contribution >= 4 is 0 Å². The number of hydrogen-bond acceptors (Lipinski definition) is 10. The first-order valence-corrected chi connectivity index (χ1v) is 15.3. The highest BCUT2D eigenvalue weighted by molar-refractivity contribution is 5.09. The predicted octanol–water partition coefficient (Wildman–Crippen LogP) is 8.00. The third-order valence-electron chi connectivity index (χ3n) is 5.98. The van der Waals surface area contributed by atoms with Crippen molar-refractivity contribution < 1.29 is 0 Å². The smallest absolute Gasteiger partial charge is 0.130 e. The Bertz CT molecular complexity index is 1100. The Balaban J connectivity index is 0.000000281. The zero-order valence-electron chi connectivity index (χ0n) is 28.5. The average Bonchev–Trinajstić information content (AvgIpc) is 3.08. The molecule has 0 atom stereocenters. The summed E-state index contributed by atoms with van der Waals surface area (Å²) in [6, 6.07) is 7.70. The van der Waals surface area contributed by atoms with E-state index < -0.39 is 0 Å². The number of nitrogens with zero attached hydrogens (tertiary/aromatic N) is 10. The molecule has 10 nitrogen and oxygen atoms in total. The topological polar surface area (TPSA) is 129 Å². The van der Waals surface area contributed by atoms with Gasteiger partial charge in [-0.25, -0.2) is 19.9 Å². The van der Waals surface area contributed by atoms with Gasteiger partial charge in [0, 0.05) is 61.7 Å². The van der Waals surface area contributed by atoms with Crippen molar-refractivity contribution in [2.24, 2.45) is 0 Å². The summed E-state index contributed by atoms with van der Waals surface area (Å²) in [5.41, 5.74) is 4.54. The third kappa shape index (κ3) is 18.0. The summed E-state index contributed by atoms with van der Waals surface area (Å²) >= 11 is 0. The van der Waals surface area contributed by atoms with E-state index in [0.29, 0.717) is 29.6 Å². The molecule has 45 heavy (non-hydrogen) atoms. The van der Waals surface area contributed by atoms with Gasteiger partial charge in [0.25, 0.3) is 0 Å². The van der Waals surface area contributed by atoms with Gasteiger partial charge in [0.2, 0.25) is 0 Å². The Morgan fingerprint density at radius 3 is 1.40 bits per heavy atom. The van der Waals surface area contributed by atoms with Gasteiger partial charge in [-0.2, -0.15) is 20.4 Å². The van der Waals surface area contributed by atoms with Gasteiger partial charge in [-0.05, 0) is 59.1 Å². The van der Waals surface area contributed by atoms with Gasteiger partial charge in [0.1, 0.15) is 12.2 Å². The number of aromatic nitrogens is 10. The molecule has 0 saturated carbocycles. The quantitative estimate of drug-likeness (QED) is 0.193. The van der Waals surface area contributed by atoms with Crippen LogP contribution >= 0.6 is 0 Å². The van der Waals surface area contributed by atoms with E-state index in [2.05, 4.69) is 120 Å². The fraction of sp³-hybridized carbons (Fsp3) is 0.429. The first-order valence-electron chi connectivity index (χ1n) is 15.3. The highest BCUT2D eigenvalue weighted by Crippen LogP contribution is 2.11. The van der Waals surface area contributed by atoms with E-state index in [1.807, 2.05) is 36.7 Å². The Labute approximate surface area is 269 Å². The van der Waals surface area contributed by atoms with Crippen LogP contribution in [0.4, 0.5) is 0 Å². The maximum atomic E-state index is 4.12. The molecule has 0 unspecified atom stereocenters. The van der Waals surface area contributed by atoms with Crippen molar-refractivity contribution in [1.29, 1.82) is 0 Å². The van der Waals surface area contributed by atoms with Gasteiger partial charge >= 0.3 is 0 Å². The molecule has 0 saturated heterocycles. The molecule has 0 fully saturated rings. The van der Waals surface area contributed by atoms with Crippen LogP contribution in [0.25, 0.3) is 0 Å². The first kappa shape index (κ1) is 38.4. The van der Waals surface area contributed by atoms with Crippen LogP contribution in [0.15, 0.2) is 92.6 Å². The van der Waals surface area contributed by atoms with Gasteiger partial charge in [-0.1, -0.05) is 69.2 Å². The van der Waals surface area contributed by atoms with Crippen molar-refractivity contribution in [2.75, 3.05) is 0 Å². The van der Waals surface area contributed by atoms with Crippen LogP contribution in [-0.4, -0.2) is 50.3 Å². The fourth-order valence-electron chi connectivity index (χ4n) is 3.09. The Morgan fingerprint density at radius 2 is 1.07 bits per heavy atom. The standard InChI is InChI=1S/5C7H10N2/c1-6(2)7-3-8-5-9-4-7;1-6(2)7-5-8-3-4-9-7;1-6(2)7-3-4-8-9-5-7;1-6(2)7-8-4-3-5-9-7;1-6(2)7-4-3-5-8-9-7/h5*3-6H,1-2H3. The van der Waals surface area contributed by atoms with Crippen molar-refractivity contribution in [3.8, 4) is 0 Å². The predicted molar refractivity (Wildman–Crippen MR) is 181 cm³/mol. The van der Waals surface area contributed by atoms with E-state index in [4.69, 9.17) is 0 Å². The maximum absolute atomic E-state index is 4.12. The molecular formula is C35H50N10. The lowest BCUT2D eigenvalue weighted by molar-refractivity contribution is 0.774. The van der Waals surface area contributed by atoms with Crippen molar-refractivity contribution in [1.82, 2.24) is 50.3 Å². The molecule has 0 spiro atoms. The van der Waals surface area contributed by atoms with E-state index in [1.54, 1.807) is 55.9 Å². The van der Waals surface area contributed by atoms with Gasteiger partial charge < -0.3 is 0 Å². The highest BCUT2D eigenvalue weighted by Gasteiger charge is 1.99. The normalized spacial score (nSPS) is 10.1. The summed E-state index contributed by atoms with van der Waals surface area (Å²) in [6.07, 6.45) is 19.2. The summed E-state index contributed by atoms with van der Waals surface area (Å²) in [7, 11) is 0. The summed E-state index contributed by atoms with van der Waals surface area (Å²) in [5, 5.41) is 15.1. The number of rotatable bonds is 5. The van der Waals surface area contributed by atoms with Crippen molar-refractivity contribution in [2.45, 2.75) is 98.8 Å². The second-order valence-electron chi connectivity index (χ2n) is 11.5. The molecule has 0 aliphatic heterocycles. The molecule has 0 amide bonds. The molecular weight excluding hydrogens is 560 g/mol. The number of hydrogen-bond donors (Lipinski definition) is 0. The van der Waals surface area contributed by atoms with Crippen LogP contribution in [0.5, 0.6) is 0 Å². The zero-order valence-corrected chi connectivity index (χ0v) is 28.5. The van der Waals surface area contributed by atoms with Gasteiger partial charge in [-0.3, -0.25) is 9.97 Å². The van der Waals surface area contributed by atoms with Crippen LogP contribution in [0.1, 0.15) is 127 Å². The summed E-state index contributed by atoms with van der Waals surface area (Å²) < 4.78 is 0. The van der Waals surface area contributed by atoms with E-state index in [1.165, 1.54) is 11.1 Å².